The maximum atomic E-state index is 5.87. The van der Waals surface area contributed by atoms with E-state index in [2.05, 4.69) is 15.4 Å². The van der Waals surface area contributed by atoms with E-state index in [1.54, 1.807) is 11.8 Å². The molecule has 2 rings (SSSR count). The summed E-state index contributed by atoms with van der Waals surface area (Å²) in [6, 6.07) is 0. The van der Waals surface area contributed by atoms with Gasteiger partial charge in [0.15, 0.2) is 5.96 Å². The first-order chi connectivity index (χ1) is 9.11. The average Bonchev–Trinajstić information content (AvgIpc) is 2.58. The summed E-state index contributed by atoms with van der Waals surface area (Å²) < 4.78 is 7.04. The number of aryl methyl sites for hydroxylation is 2. The summed E-state index contributed by atoms with van der Waals surface area (Å²) in [6.07, 6.45) is 3.95. The molecule has 0 radical (unpaired) electrons. The molecule has 7 heteroatoms. The van der Waals surface area contributed by atoms with Crippen molar-refractivity contribution in [1.29, 1.82) is 0 Å². The molecule has 0 bridgehead atoms. The normalized spacial score (nSPS) is 15.4. The quantitative estimate of drug-likeness (QED) is 0.452. The highest BCUT2D eigenvalue weighted by Gasteiger charge is 2.17. The van der Waals surface area contributed by atoms with Crippen molar-refractivity contribution < 1.29 is 4.74 Å². The lowest BCUT2D eigenvalue weighted by atomic mass is 9.85. The first-order valence-electron chi connectivity index (χ1n) is 6.72. The van der Waals surface area contributed by atoms with Gasteiger partial charge in [-0.25, -0.2) is 9.67 Å². The second kappa shape index (κ2) is 7.70. The van der Waals surface area contributed by atoms with Gasteiger partial charge in [0.1, 0.15) is 0 Å². The van der Waals surface area contributed by atoms with E-state index >= 15 is 0 Å². The summed E-state index contributed by atoms with van der Waals surface area (Å²) in [4.78, 5) is 4.36. The summed E-state index contributed by atoms with van der Waals surface area (Å²) in [5.74, 6) is 2.01. The van der Waals surface area contributed by atoms with Gasteiger partial charge in [-0.05, 0) is 25.7 Å². The number of guanidine groups is 1. The number of hydrogen-bond donors (Lipinski definition) is 2. The molecular weight excluding hydrogens is 369 g/mol. The van der Waals surface area contributed by atoms with Gasteiger partial charge in [0.25, 0.3) is 0 Å². The molecule has 0 aromatic carbocycles. The van der Waals surface area contributed by atoms with Crippen molar-refractivity contribution >= 4 is 29.9 Å². The van der Waals surface area contributed by atoms with E-state index < -0.39 is 0 Å². The van der Waals surface area contributed by atoms with Crippen LogP contribution in [-0.2, 0) is 13.6 Å². The van der Waals surface area contributed by atoms with E-state index in [9.17, 15) is 0 Å². The Kier molecular flexibility index (Phi) is 6.57. The first-order valence-corrected chi connectivity index (χ1v) is 6.72. The van der Waals surface area contributed by atoms with Crippen molar-refractivity contribution in [3.8, 4) is 5.88 Å². The smallest absolute Gasteiger partial charge is 0.216 e. The second-order valence-corrected chi connectivity index (χ2v) is 5.08. The fraction of sp³-hybridized carbons (Fsp3) is 0.692. The lowest BCUT2D eigenvalue weighted by Gasteiger charge is -2.25. The Morgan fingerprint density at radius 2 is 2.25 bits per heavy atom. The summed E-state index contributed by atoms with van der Waals surface area (Å²) >= 11 is 0. The zero-order valence-corrected chi connectivity index (χ0v) is 14.7. The maximum Gasteiger partial charge on any atom is 0.216 e. The van der Waals surface area contributed by atoms with Crippen molar-refractivity contribution in [2.45, 2.75) is 32.7 Å². The van der Waals surface area contributed by atoms with Gasteiger partial charge in [-0.1, -0.05) is 6.42 Å². The molecular formula is C13H24IN5O. The average molecular weight is 393 g/mol. The van der Waals surface area contributed by atoms with Gasteiger partial charge in [-0.15, -0.1) is 24.0 Å². The van der Waals surface area contributed by atoms with Crippen molar-refractivity contribution in [2.75, 3.05) is 13.7 Å². The Bertz CT molecular complexity index is 468. The van der Waals surface area contributed by atoms with E-state index in [4.69, 9.17) is 10.5 Å². The van der Waals surface area contributed by atoms with Crippen LogP contribution in [0.5, 0.6) is 5.88 Å². The van der Waals surface area contributed by atoms with E-state index in [1.807, 2.05) is 14.0 Å². The van der Waals surface area contributed by atoms with Gasteiger partial charge in [0, 0.05) is 13.6 Å². The Hall–Kier alpha value is -0.990. The molecule has 1 fully saturated rings. The molecule has 0 amide bonds. The summed E-state index contributed by atoms with van der Waals surface area (Å²) in [6.45, 7) is 3.37. The Morgan fingerprint density at radius 3 is 2.80 bits per heavy atom. The third kappa shape index (κ3) is 4.00. The SMILES string of the molecule is COc1c(CN=C(N)NCC2CCC2)c(C)nn1C.I. The molecule has 20 heavy (non-hydrogen) atoms. The predicted octanol–water partition coefficient (Wildman–Crippen LogP) is 1.56. The lowest BCUT2D eigenvalue weighted by molar-refractivity contribution is 0.315. The second-order valence-electron chi connectivity index (χ2n) is 5.08. The Labute approximate surface area is 137 Å². The molecule has 1 heterocycles. The maximum absolute atomic E-state index is 5.87. The van der Waals surface area contributed by atoms with Gasteiger partial charge in [0.2, 0.25) is 5.88 Å². The zero-order chi connectivity index (χ0) is 13.8. The van der Waals surface area contributed by atoms with E-state index in [0.717, 1.165) is 29.6 Å². The number of aliphatic imine (C=N–C) groups is 1. The molecule has 1 aliphatic rings. The number of nitrogens with zero attached hydrogens (tertiary/aromatic N) is 3. The standard InChI is InChI=1S/C13H23N5O.HI/c1-9-11(12(19-3)18(2)17-9)8-16-13(14)15-7-10-5-4-6-10;/h10H,4-8H2,1-3H3,(H3,14,15,16);1H. The Morgan fingerprint density at radius 1 is 1.55 bits per heavy atom. The molecule has 0 spiro atoms. The van der Waals surface area contributed by atoms with Gasteiger partial charge in [-0.2, -0.15) is 5.10 Å². The minimum Gasteiger partial charge on any atom is -0.481 e. The first kappa shape index (κ1) is 17.1. The van der Waals surface area contributed by atoms with Crippen LogP contribution in [0.4, 0.5) is 0 Å². The van der Waals surface area contributed by atoms with E-state index in [-0.39, 0.29) is 24.0 Å². The van der Waals surface area contributed by atoms with E-state index in [1.165, 1.54) is 19.3 Å². The third-order valence-corrected chi connectivity index (χ3v) is 3.69. The van der Waals surface area contributed by atoms with Crippen LogP contribution >= 0.6 is 24.0 Å². The molecule has 1 aromatic rings. The number of methoxy groups -OCH3 is 1. The predicted molar refractivity (Wildman–Crippen MR) is 90.6 cm³/mol. The van der Waals surface area contributed by atoms with Crippen LogP contribution < -0.4 is 15.8 Å². The summed E-state index contributed by atoms with van der Waals surface area (Å²) in [5, 5.41) is 7.50. The minimum atomic E-state index is 0. The lowest BCUT2D eigenvalue weighted by Crippen LogP contribution is -2.37. The number of halogens is 1. The molecule has 0 unspecified atom stereocenters. The molecule has 0 saturated heterocycles. The molecule has 0 aliphatic heterocycles. The van der Waals surface area contributed by atoms with Crippen LogP contribution in [0.1, 0.15) is 30.5 Å². The highest BCUT2D eigenvalue weighted by molar-refractivity contribution is 14.0. The number of nitrogens with two attached hydrogens (primary N) is 1. The van der Waals surface area contributed by atoms with Gasteiger partial charge in [0.05, 0.1) is 24.9 Å². The fourth-order valence-electron chi connectivity index (χ4n) is 2.28. The van der Waals surface area contributed by atoms with Crippen LogP contribution in [0.15, 0.2) is 4.99 Å². The topological polar surface area (TPSA) is 77.5 Å². The van der Waals surface area contributed by atoms with Crippen molar-refractivity contribution in [3.05, 3.63) is 11.3 Å². The largest absolute Gasteiger partial charge is 0.481 e. The van der Waals surface area contributed by atoms with Gasteiger partial charge in [-0.3, -0.25) is 0 Å². The molecule has 0 atom stereocenters. The number of nitrogens with one attached hydrogen (secondary N) is 1. The molecule has 1 saturated carbocycles. The zero-order valence-electron chi connectivity index (χ0n) is 12.3. The fourth-order valence-corrected chi connectivity index (χ4v) is 2.28. The Balaban J connectivity index is 0.00000200. The third-order valence-electron chi connectivity index (χ3n) is 3.69. The van der Waals surface area contributed by atoms with Crippen molar-refractivity contribution in [3.63, 3.8) is 0 Å². The van der Waals surface area contributed by atoms with Crippen LogP contribution in [-0.4, -0.2) is 29.4 Å². The van der Waals surface area contributed by atoms with Crippen molar-refractivity contribution in [2.24, 2.45) is 23.7 Å². The van der Waals surface area contributed by atoms with Crippen molar-refractivity contribution in [1.82, 2.24) is 15.1 Å². The van der Waals surface area contributed by atoms with E-state index in [0.29, 0.717) is 12.5 Å². The number of aromatic nitrogens is 2. The minimum absolute atomic E-state index is 0. The van der Waals surface area contributed by atoms with Gasteiger partial charge < -0.3 is 15.8 Å². The number of hydrogen-bond acceptors (Lipinski definition) is 3. The van der Waals surface area contributed by atoms with Crippen LogP contribution in [0, 0.1) is 12.8 Å². The van der Waals surface area contributed by atoms with Gasteiger partial charge >= 0.3 is 0 Å². The molecule has 6 nitrogen and oxygen atoms in total. The monoisotopic (exact) mass is 393 g/mol. The molecule has 1 aliphatic carbocycles. The summed E-state index contributed by atoms with van der Waals surface area (Å²) in [5.41, 5.74) is 7.78. The van der Waals surface area contributed by atoms with Crippen LogP contribution in [0.25, 0.3) is 0 Å². The number of rotatable bonds is 5. The highest BCUT2D eigenvalue weighted by Crippen LogP contribution is 2.25. The van der Waals surface area contributed by atoms with Crippen LogP contribution in [0.2, 0.25) is 0 Å². The molecule has 114 valence electrons. The van der Waals surface area contributed by atoms with Crippen LogP contribution in [0.3, 0.4) is 0 Å². The molecule has 3 N–H and O–H groups in total. The number of ether oxygens (including phenoxy) is 1. The summed E-state index contributed by atoms with van der Waals surface area (Å²) in [7, 11) is 3.50. The molecule has 1 aromatic heterocycles. The highest BCUT2D eigenvalue weighted by atomic mass is 127.